The zero-order valence-electron chi connectivity index (χ0n) is 12.2. The molecule has 0 saturated heterocycles. The van der Waals surface area contributed by atoms with Crippen LogP contribution in [0.3, 0.4) is 0 Å². The van der Waals surface area contributed by atoms with E-state index in [4.69, 9.17) is 5.73 Å². The molecule has 0 heterocycles. The van der Waals surface area contributed by atoms with Crippen LogP contribution in [0.5, 0.6) is 0 Å². The van der Waals surface area contributed by atoms with E-state index in [1.165, 1.54) is 5.39 Å². The van der Waals surface area contributed by atoms with Gasteiger partial charge in [0, 0.05) is 6.42 Å². The number of aliphatic hydroxyl groups is 1. The number of nitrogens with two attached hydrogens (primary N) is 1. The lowest BCUT2D eigenvalue weighted by Crippen LogP contribution is -2.28. The summed E-state index contributed by atoms with van der Waals surface area (Å²) in [5.41, 5.74) is 8.30. The first kappa shape index (κ1) is 16.5. The van der Waals surface area contributed by atoms with Crippen LogP contribution in [-0.4, -0.2) is 11.2 Å². The molecule has 3 N–H and O–H groups in total. The number of benzene rings is 3. The monoisotopic (exact) mass is 313 g/mol. The van der Waals surface area contributed by atoms with Crippen LogP contribution in [0.25, 0.3) is 10.8 Å². The second-order valence-corrected chi connectivity index (χ2v) is 5.39. The van der Waals surface area contributed by atoms with E-state index in [0.717, 1.165) is 16.5 Å². The van der Waals surface area contributed by atoms with Gasteiger partial charge in [0.2, 0.25) is 0 Å². The zero-order chi connectivity index (χ0) is 14.7. The quantitative estimate of drug-likeness (QED) is 0.768. The molecule has 0 fully saturated rings. The molecule has 0 bridgehead atoms. The molecule has 0 spiro atoms. The normalized spacial score (nSPS) is 13.4. The van der Waals surface area contributed by atoms with E-state index < -0.39 is 6.10 Å². The highest BCUT2D eigenvalue weighted by molar-refractivity contribution is 5.85. The first-order valence-corrected chi connectivity index (χ1v) is 7.20. The van der Waals surface area contributed by atoms with E-state index in [2.05, 4.69) is 24.3 Å². The van der Waals surface area contributed by atoms with Gasteiger partial charge in [-0.05, 0) is 28.0 Å². The summed E-state index contributed by atoms with van der Waals surface area (Å²) >= 11 is 0. The second kappa shape index (κ2) is 7.41. The summed E-state index contributed by atoms with van der Waals surface area (Å²) < 4.78 is 0. The molecular weight excluding hydrogens is 294 g/mol. The molecule has 0 aliphatic heterocycles. The maximum absolute atomic E-state index is 10.4. The molecular formula is C19H20ClNO. The molecule has 2 nitrogen and oxygen atoms in total. The van der Waals surface area contributed by atoms with Crippen molar-refractivity contribution in [2.75, 3.05) is 0 Å². The minimum atomic E-state index is -0.589. The Hall–Kier alpha value is -1.87. The fourth-order valence-corrected chi connectivity index (χ4v) is 2.62. The Morgan fingerprint density at radius 2 is 1.45 bits per heavy atom. The maximum Gasteiger partial charge on any atom is 0.0773 e. The third-order valence-electron chi connectivity index (χ3n) is 3.86. The average molecular weight is 314 g/mol. The standard InChI is InChI=1S/C19H19NO.ClH/c20-19(18(21)12-14-6-2-1-3-7-14)17-11-10-15-8-4-5-9-16(15)13-17;/h1-11,13,18-19,21H,12,20H2;1H/t18-,19+;/m0./s1. The lowest BCUT2D eigenvalue weighted by atomic mass is 9.95. The molecule has 3 rings (SSSR count). The Morgan fingerprint density at radius 1 is 0.818 bits per heavy atom. The summed E-state index contributed by atoms with van der Waals surface area (Å²) in [6, 6.07) is 23.9. The van der Waals surface area contributed by atoms with Crippen LogP contribution in [-0.2, 0) is 6.42 Å². The molecule has 114 valence electrons. The number of rotatable bonds is 4. The molecule has 0 amide bonds. The molecule has 0 unspecified atom stereocenters. The second-order valence-electron chi connectivity index (χ2n) is 5.39. The van der Waals surface area contributed by atoms with E-state index in [9.17, 15) is 5.11 Å². The average Bonchev–Trinajstić information content (AvgIpc) is 2.54. The first-order valence-electron chi connectivity index (χ1n) is 7.20. The number of halogens is 1. The fraction of sp³-hybridized carbons (Fsp3) is 0.158. The summed E-state index contributed by atoms with van der Waals surface area (Å²) in [5.74, 6) is 0. The largest absolute Gasteiger partial charge is 0.391 e. The van der Waals surface area contributed by atoms with Gasteiger partial charge in [-0.25, -0.2) is 0 Å². The van der Waals surface area contributed by atoms with Crippen LogP contribution in [0.15, 0.2) is 72.8 Å². The van der Waals surface area contributed by atoms with Crippen molar-refractivity contribution >= 4 is 23.2 Å². The highest BCUT2D eigenvalue weighted by Gasteiger charge is 2.17. The maximum atomic E-state index is 10.4. The Balaban J connectivity index is 0.00000176. The summed E-state index contributed by atoms with van der Waals surface area (Å²) in [6.45, 7) is 0. The highest BCUT2D eigenvalue weighted by Crippen LogP contribution is 2.22. The van der Waals surface area contributed by atoms with Crippen LogP contribution in [0, 0.1) is 0 Å². The summed E-state index contributed by atoms with van der Waals surface area (Å²) in [4.78, 5) is 0. The Kier molecular flexibility index (Phi) is 5.56. The van der Waals surface area contributed by atoms with E-state index in [0.29, 0.717) is 6.42 Å². The van der Waals surface area contributed by atoms with Gasteiger partial charge in [-0.2, -0.15) is 0 Å². The van der Waals surface area contributed by atoms with E-state index >= 15 is 0 Å². The zero-order valence-corrected chi connectivity index (χ0v) is 13.0. The van der Waals surface area contributed by atoms with Gasteiger partial charge in [-0.15, -0.1) is 12.4 Å². The van der Waals surface area contributed by atoms with Crippen molar-refractivity contribution in [3.8, 4) is 0 Å². The van der Waals surface area contributed by atoms with Crippen molar-refractivity contribution in [2.24, 2.45) is 5.73 Å². The van der Waals surface area contributed by atoms with Gasteiger partial charge in [0.25, 0.3) is 0 Å². The van der Waals surface area contributed by atoms with Crippen molar-refractivity contribution in [1.82, 2.24) is 0 Å². The van der Waals surface area contributed by atoms with Gasteiger partial charge in [-0.1, -0.05) is 66.7 Å². The predicted octanol–water partition coefficient (Wildman–Crippen LogP) is 3.87. The van der Waals surface area contributed by atoms with Gasteiger partial charge in [0.05, 0.1) is 12.1 Å². The van der Waals surface area contributed by atoms with E-state index in [1.54, 1.807) is 0 Å². The van der Waals surface area contributed by atoms with Crippen LogP contribution < -0.4 is 5.73 Å². The van der Waals surface area contributed by atoms with Crippen LogP contribution in [0.1, 0.15) is 17.2 Å². The number of aliphatic hydroxyl groups excluding tert-OH is 1. The van der Waals surface area contributed by atoms with Crippen LogP contribution in [0.4, 0.5) is 0 Å². The number of hydrogen-bond donors (Lipinski definition) is 2. The van der Waals surface area contributed by atoms with Crippen molar-refractivity contribution in [2.45, 2.75) is 18.6 Å². The molecule has 0 aliphatic rings. The molecule has 0 radical (unpaired) electrons. The summed E-state index contributed by atoms with van der Waals surface area (Å²) in [5, 5.41) is 12.7. The molecule has 3 aromatic rings. The van der Waals surface area contributed by atoms with Crippen LogP contribution in [0.2, 0.25) is 0 Å². The smallest absolute Gasteiger partial charge is 0.0773 e. The summed E-state index contributed by atoms with van der Waals surface area (Å²) in [7, 11) is 0. The topological polar surface area (TPSA) is 46.2 Å². The van der Waals surface area contributed by atoms with Gasteiger partial charge < -0.3 is 10.8 Å². The lowest BCUT2D eigenvalue weighted by molar-refractivity contribution is 0.145. The van der Waals surface area contributed by atoms with Crippen molar-refractivity contribution in [1.29, 1.82) is 0 Å². The molecule has 2 atom stereocenters. The Labute approximate surface area is 137 Å². The predicted molar refractivity (Wildman–Crippen MR) is 94.3 cm³/mol. The lowest BCUT2D eigenvalue weighted by Gasteiger charge is -2.20. The first-order chi connectivity index (χ1) is 10.2. The van der Waals surface area contributed by atoms with Gasteiger partial charge in [-0.3, -0.25) is 0 Å². The van der Waals surface area contributed by atoms with Crippen molar-refractivity contribution in [3.63, 3.8) is 0 Å². The fourth-order valence-electron chi connectivity index (χ4n) is 2.62. The Morgan fingerprint density at radius 3 is 2.18 bits per heavy atom. The van der Waals surface area contributed by atoms with Gasteiger partial charge in [0.15, 0.2) is 0 Å². The van der Waals surface area contributed by atoms with E-state index in [-0.39, 0.29) is 18.4 Å². The number of fused-ring (bicyclic) bond motifs is 1. The molecule has 0 aromatic heterocycles. The van der Waals surface area contributed by atoms with Crippen LogP contribution >= 0.6 is 12.4 Å². The molecule has 3 heteroatoms. The third kappa shape index (κ3) is 3.66. The minimum Gasteiger partial charge on any atom is -0.391 e. The summed E-state index contributed by atoms with van der Waals surface area (Å²) in [6.07, 6.45) is -0.0250. The molecule has 22 heavy (non-hydrogen) atoms. The SMILES string of the molecule is Cl.N[C@H](c1ccc2ccccc2c1)[C@@H](O)Cc1ccccc1. The Bertz CT molecular complexity index is 730. The minimum absolute atomic E-state index is 0. The molecule has 3 aromatic carbocycles. The molecule has 0 aliphatic carbocycles. The van der Waals surface area contributed by atoms with Gasteiger partial charge >= 0.3 is 0 Å². The number of hydrogen-bond acceptors (Lipinski definition) is 2. The van der Waals surface area contributed by atoms with Gasteiger partial charge in [0.1, 0.15) is 0 Å². The molecule has 0 saturated carbocycles. The third-order valence-corrected chi connectivity index (χ3v) is 3.86. The highest BCUT2D eigenvalue weighted by atomic mass is 35.5. The van der Waals surface area contributed by atoms with E-state index in [1.807, 2.05) is 48.5 Å². The van der Waals surface area contributed by atoms with Crippen molar-refractivity contribution in [3.05, 3.63) is 83.9 Å². The van der Waals surface area contributed by atoms with Crippen molar-refractivity contribution < 1.29 is 5.11 Å².